The molecule has 0 radical (unpaired) electrons. The van der Waals surface area contributed by atoms with E-state index >= 15 is 0 Å². The summed E-state index contributed by atoms with van der Waals surface area (Å²) in [5.74, 6) is 6.70. The molecular formula is C8H18N2O2S. The van der Waals surface area contributed by atoms with Gasteiger partial charge in [0.2, 0.25) is 5.91 Å². The molecule has 0 rings (SSSR count). The van der Waals surface area contributed by atoms with Crippen molar-refractivity contribution in [3.63, 3.8) is 0 Å². The Labute approximate surface area is 83.2 Å². The van der Waals surface area contributed by atoms with E-state index in [1.54, 1.807) is 11.8 Å². The van der Waals surface area contributed by atoms with Gasteiger partial charge in [0.05, 0.1) is 6.61 Å². The molecule has 0 aromatic carbocycles. The molecule has 0 aliphatic carbocycles. The fourth-order valence-electron chi connectivity index (χ4n) is 0.905. The van der Waals surface area contributed by atoms with Gasteiger partial charge < -0.3 is 5.11 Å². The number of carbonyl (C=O) groups excluding carboxylic acids is 1. The Morgan fingerprint density at radius 3 is 2.69 bits per heavy atom. The van der Waals surface area contributed by atoms with E-state index in [4.69, 9.17) is 10.9 Å². The fraction of sp³-hybridized carbons (Fsp3) is 0.875. The predicted octanol–water partition coefficient (Wildman–Crippen LogP) is 0.262. The predicted molar refractivity (Wildman–Crippen MR) is 55.2 cm³/mol. The molecule has 0 aliphatic rings. The molecule has 0 aliphatic heterocycles. The molecule has 0 fully saturated rings. The summed E-state index contributed by atoms with van der Waals surface area (Å²) in [5, 5.41) is 8.49. The number of nitrogens with two attached hydrogens (primary N) is 1. The number of aliphatic hydroxyl groups excluding tert-OH is 1. The van der Waals surface area contributed by atoms with Crippen LogP contribution in [0.2, 0.25) is 0 Å². The Balaban J connectivity index is 2.95. The average molecular weight is 206 g/mol. The molecule has 78 valence electrons. The van der Waals surface area contributed by atoms with Crippen LogP contribution >= 0.6 is 11.8 Å². The first kappa shape index (κ1) is 12.7. The second-order valence-electron chi connectivity index (χ2n) is 2.71. The summed E-state index contributed by atoms with van der Waals surface area (Å²) in [5.41, 5.74) is 2.10. The van der Waals surface area contributed by atoms with Gasteiger partial charge in [-0.25, -0.2) is 5.84 Å². The van der Waals surface area contributed by atoms with Gasteiger partial charge in [0, 0.05) is 12.2 Å². The molecule has 0 heterocycles. The second-order valence-corrected chi connectivity index (χ2v) is 3.94. The maximum Gasteiger partial charge on any atom is 0.233 e. The molecule has 0 spiro atoms. The molecule has 0 bridgehead atoms. The lowest BCUT2D eigenvalue weighted by Crippen LogP contribution is -2.29. The molecule has 5 heteroatoms. The lowest BCUT2D eigenvalue weighted by atomic mass is 10.2. The number of hydrogen-bond acceptors (Lipinski definition) is 4. The number of hydrogen-bond donors (Lipinski definition) is 3. The largest absolute Gasteiger partial charge is 0.396 e. The van der Waals surface area contributed by atoms with Crippen LogP contribution in [0, 0.1) is 0 Å². The molecular weight excluding hydrogens is 188 g/mol. The van der Waals surface area contributed by atoms with E-state index in [2.05, 4.69) is 5.43 Å². The van der Waals surface area contributed by atoms with Gasteiger partial charge in [-0.15, -0.1) is 0 Å². The molecule has 4 nitrogen and oxygen atoms in total. The topological polar surface area (TPSA) is 75.3 Å². The van der Waals surface area contributed by atoms with Crippen molar-refractivity contribution in [1.29, 1.82) is 0 Å². The Morgan fingerprint density at radius 2 is 2.08 bits per heavy atom. The number of rotatable bonds is 8. The number of thioether (sulfide) groups is 1. The third-order valence-electron chi connectivity index (χ3n) is 1.59. The van der Waals surface area contributed by atoms with Crippen molar-refractivity contribution in [2.75, 3.05) is 18.1 Å². The van der Waals surface area contributed by atoms with Gasteiger partial charge in [-0.3, -0.25) is 10.2 Å². The van der Waals surface area contributed by atoms with Crippen LogP contribution in [0.25, 0.3) is 0 Å². The van der Waals surface area contributed by atoms with E-state index in [9.17, 15) is 4.79 Å². The van der Waals surface area contributed by atoms with Crippen molar-refractivity contribution in [3.05, 3.63) is 0 Å². The van der Waals surface area contributed by atoms with Crippen molar-refractivity contribution < 1.29 is 9.90 Å². The van der Waals surface area contributed by atoms with Crippen LogP contribution in [0.1, 0.15) is 25.7 Å². The third kappa shape index (κ3) is 9.66. The molecule has 0 aromatic heterocycles. The summed E-state index contributed by atoms with van der Waals surface area (Å²) < 4.78 is 0. The molecule has 0 atom stereocenters. The second kappa shape index (κ2) is 9.83. The van der Waals surface area contributed by atoms with Gasteiger partial charge in [0.25, 0.3) is 0 Å². The standard InChI is InChI=1S/C8H18N2O2S/c9-10-8(12)4-2-1-3-6-13-7-5-11/h11H,1-7,9H2,(H,10,12). The number of carbonyl (C=O) groups is 1. The van der Waals surface area contributed by atoms with E-state index in [1.807, 2.05) is 0 Å². The van der Waals surface area contributed by atoms with Crippen molar-refractivity contribution in [1.82, 2.24) is 5.43 Å². The highest BCUT2D eigenvalue weighted by atomic mass is 32.2. The van der Waals surface area contributed by atoms with Crippen LogP contribution in [0.4, 0.5) is 0 Å². The fourth-order valence-corrected chi connectivity index (χ4v) is 1.65. The van der Waals surface area contributed by atoms with Gasteiger partial charge in [0.1, 0.15) is 0 Å². The summed E-state index contributed by atoms with van der Waals surface area (Å²) in [6.07, 6.45) is 3.55. The summed E-state index contributed by atoms with van der Waals surface area (Å²) in [6, 6.07) is 0. The van der Waals surface area contributed by atoms with E-state index in [-0.39, 0.29) is 12.5 Å². The molecule has 13 heavy (non-hydrogen) atoms. The number of unbranched alkanes of at least 4 members (excludes halogenated alkanes) is 2. The molecule has 0 saturated carbocycles. The van der Waals surface area contributed by atoms with Gasteiger partial charge in [-0.1, -0.05) is 6.42 Å². The molecule has 0 unspecified atom stereocenters. The average Bonchev–Trinajstić information content (AvgIpc) is 2.16. The van der Waals surface area contributed by atoms with Gasteiger partial charge in [-0.05, 0) is 18.6 Å². The quantitative estimate of drug-likeness (QED) is 0.230. The number of hydrazine groups is 1. The number of amides is 1. The summed E-state index contributed by atoms with van der Waals surface area (Å²) >= 11 is 1.74. The molecule has 0 saturated heterocycles. The van der Waals surface area contributed by atoms with Gasteiger partial charge in [-0.2, -0.15) is 11.8 Å². The highest BCUT2D eigenvalue weighted by molar-refractivity contribution is 7.99. The zero-order valence-corrected chi connectivity index (χ0v) is 8.61. The smallest absolute Gasteiger partial charge is 0.233 e. The maximum atomic E-state index is 10.7. The summed E-state index contributed by atoms with van der Waals surface area (Å²) in [6.45, 7) is 0.250. The van der Waals surface area contributed by atoms with Gasteiger partial charge in [0.15, 0.2) is 0 Å². The first-order valence-corrected chi connectivity index (χ1v) is 5.64. The van der Waals surface area contributed by atoms with Crippen molar-refractivity contribution in [2.45, 2.75) is 25.7 Å². The summed E-state index contributed by atoms with van der Waals surface area (Å²) in [4.78, 5) is 10.7. The molecule has 4 N–H and O–H groups in total. The third-order valence-corrected chi connectivity index (χ3v) is 2.64. The molecule has 0 aromatic rings. The SMILES string of the molecule is NNC(=O)CCCCCSCCO. The van der Waals surface area contributed by atoms with Gasteiger partial charge >= 0.3 is 0 Å². The van der Waals surface area contributed by atoms with E-state index in [1.165, 1.54) is 0 Å². The monoisotopic (exact) mass is 206 g/mol. The van der Waals surface area contributed by atoms with E-state index in [0.29, 0.717) is 6.42 Å². The Morgan fingerprint density at radius 1 is 1.31 bits per heavy atom. The minimum absolute atomic E-state index is 0.0944. The van der Waals surface area contributed by atoms with Crippen LogP contribution in [0.5, 0.6) is 0 Å². The van der Waals surface area contributed by atoms with Crippen LogP contribution in [0.3, 0.4) is 0 Å². The highest BCUT2D eigenvalue weighted by Gasteiger charge is 1.97. The Hall–Kier alpha value is -0.260. The molecule has 1 amide bonds. The van der Waals surface area contributed by atoms with E-state index < -0.39 is 0 Å². The van der Waals surface area contributed by atoms with Crippen LogP contribution in [-0.4, -0.2) is 29.1 Å². The first-order chi connectivity index (χ1) is 6.31. The maximum absolute atomic E-state index is 10.7. The summed E-state index contributed by atoms with van der Waals surface area (Å²) in [7, 11) is 0. The normalized spacial score (nSPS) is 10.0. The lowest BCUT2D eigenvalue weighted by molar-refractivity contribution is -0.121. The van der Waals surface area contributed by atoms with Crippen molar-refractivity contribution >= 4 is 17.7 Å². The number of aliphatic hydroxyl groups is 1. The Bertz CT molecular complexity index is 133. The zero-order chi connectivity index (χ0) is 9.94. The van der Waals surface area contributed by atoms with Crippen molar-refractivity contribution in [3.8, 4) is 0 Å². The highest BCUT2D eigenvalue weighted by Crippen LogP contribution is 2.06. The minimum Gasteiger partial charge on any atom is -0.396 e. The lowest BCUT2D eigenvalue weighted by Gasteiger charge is -2.00. The van der Waals surface area contributed by atoms with E-state index in [0.717, 1.165) is 30.8 Å². The zero-order valence-electron chi connectivity index (χ0n) is 7.79. The minimum atomic E-state index is -0.0944. The van der Waals surface area contributed by atoms with Crippen LogP contribution in [-0.2, 0) is 4.79 Å². The van der Waals surface area contributed by atoms with Crippen molar-refractivity contribution in [2.24, 2.45) is 5.84 Å². The first-order valence-electron chi connectivity index (χ1n) is 4.49. The van der Waals surface area contributed by atoms with Crippen LogP contribution < -0.4 is 11.3 Å². The number of nitrogens with one attached hydrogen (secondary N) is 1. The Kier molecular flexibility index (Phi) is 9.63. The van der Waals surface area contributed by atoms with Crippen LogP contribution in [0.15, 0.2) is 0 Å².